The van der Waals surface area contributed by atoms with Crippen molar-refractivity contribution in [3.63, 3.8) is 0 Å². The lowest BCUT2D eigenvalue weighted by molar-refractivity contribution is 0.181. The Balaban J connectivity index is 2.91. The Morgan fingerprint density at radius 3 is 2.92 bits per heavy atom. The first-order valence-corrected chi connectivity index (χ1v) is 5.01. The van der Waals surface area contributed by atoms with Gasteiger partial charge in [0.2, 0.25) is 0 Å². The molecule has 13 heavy (non-hydrogen) atoms. The summed E-state index contributed by atoms with van der Waals surface area (Å²) in [7, 11) is 1.62. The van der Waals surface area contributed by atoms with Crippen LogP contribution in [0.25, 0.3) is 0 Å². The van der Waals surface area contributed by atoms with E-state index in [0.29, 0.717) is 11.6 Å². The summed E-state index contributed by atoms with van der Waals surface area (Å²) in [6.45, 7) is 0.468. The van der Waals surface area contributed by atoms with Crippen LogP contribution >= 0.6 is 27.5 Å². The summed E-state index contributed by atoms with van der Waals surface area (Å²) in [5.74, 6) is 0. The lowest BCUT2D eigenvalue weighted by atomic mass is 10.1. The van der Waals surface area contributed by atoms with Gasteiger partial charge < -0.3 is 10.5 Å². The summed E-state index contributed by atoms with van der Waals surface area (Å²) in [6.07, 6.45) is 0. The molecule has 1 rings (SSSR count). The Morgan fingerprint density at radius 1 is 1.62 bits per heavy atom. The van der Waals surface area contributed by atoms with Gasteiger partial charge in [0.25, 0.3) is 0 Å². The van der Waals surface area contributed by atoms with Gasteiger partial charge in [0, 0.05) is 16.6 Å². The Labute approximate surface area is 91.2 Å². The van der Waals surface area contributed by atoms with Crippen molar-refractivity contribution in [1.82, 2.24) is 0 Å². The third-order valence-corrected chi connectivity index (χ3v) is 2.54. The first-order chi connectivity index (χ1) is 6.15. The van der Waals surface area contributed by atoms with Crippen molar-refractivity contribution >= 4 is 27.5 Å². The molecule has 0 aliphatic heterocycles. The summed E-state index contributed by atoms with van der Waals surface area (Å²) in [4.78, 5) is 0. The molecule has 72 valence electrons. The number of hydrogen-bond acceptors (Lipinski definition) is 2. The first-order valence-electron chi connectivity index (χ1n) is 3.84. The van der Waals surface area contributed by atoms with Crippen LogP contribution in [-0.2, 0) is 4.74 Å². The van der Waals surface area contributed by atoms with Crippen molar-refractivity contribution in [2.45, 2.75) is 6.04 Å². The van der Waals surface area contributed by atoms with Crippen molar-refractivity contribution < 1.29 is 4.74 Å². The van der Waals surface area contributed by atoms with Gasteiger partial charge in [0.15, 0.2) is 0 Å². The Bertz CT molecular complexity index is 293. The van der Waals surface area contributed by atoms with Gasteiger partial charge >= 0.3 is 0 Å². The minimum absolute atomic E-state index is 0.171. The fourth-order valence-electron chi connectivity index (χ4n) is 1.07. The molecule has 2 nitrogen and oxygen atoms in total. The van der Waals surface area contributed by atoms with E-state index >= 15 is 0 Å². The Kier molecular flexibility index (Phi) is 4.19. The summed E-state index contributed by atoms with van der Waals surface area (Å²) < 4.78 is 5.92. The van der Waals surface area contributed by atoms with Crippen LogP contribution in [0.3, 0.4) is 0 Å². The zero-order chi connectivity index (χ0) is 9.84. The average molecular weight is 265 g/mol. The number of benzene rings is 1. The maximum atomic E-state index is 5.97. The van der Waals surface area contributed by atoms with Crippen molar-refractivity contribution in [2.75, 3.05) is 13.7 Å². The predicted octanol–water partition coefficient (Wildman–Crippen LogP) is 2.75. The van der Waals surface area contributed by atoms with E-state index in [9.17, 15) is 0 Å². The minimum atomic E-state index is -0.171. The Hall–Kier alpha value is -0.0900. The lowest BCUT2D eigenvalue weighted by Gasteiger charge is -2.12. The van der Waals surface area contributed by atoms with Gasteiger partial charge in [0.05, 0.1) is 12.6 Å². The van der Waals surface area contributed by atoms with Crippen LogP contribution in [0.2, 0.25) is 5.02 Å². The highest BCUT2D eigenvalue weighted by molar-refractivity contribution is 9.10. The van der Waals surface area contributed by atoms with Gasteiger partial charge in [-0.25, -0.2) is 0 Å². The maximum Gasteiger partial charge on any atom is 0.0656 e. The van der Waals surface area contributed by atoms with Crippen LogP contribution < -0.4 is 5.73 Å². The molecule has 0 amide bonds. The predicted molar refractivity (Wildman–Crippen MR) is 58.0 cm³/mol. The van der Waals surface area contributed by atoms with E-state index in [1.807, 2.05) is 18.2 Å². The molecule has 0 aromatic heterocycles. The normalized spacial score (nSPS) is 12.9. The van der Waals surface area contributed by atoms with Crippen LogP contribution in [-0.4, -0.2) is 13.7 Å². The van der Waals surface area contributed by atoms with E-state index in [2.05, 4.69) is 15.9 Å². The van der Waals surface area contributed by atoms with Crippen molar-refractivity contribution in [2.24, 2.45) is 5.73 Å². The van der Waals surface area contributed by atoms with Crippen molar-refractivity contribution in [1.29, 1.82) is 0 Å². The molecule has 0 aliphatic rings. The number of rotatable bonds is 3. The van der Waals surface area contributed by atoms with E-state index in [1.165, 1.54) is 0 Å². The zero-order valence-corrected chi connectivity index (χ0v) is 9.60. The number of nitrogens with two attached hydrogens (primary N) is 1. The molecule has 0 aliphatic carbocycles. The molecule has 1 aromatic carbocycles. The topological polar surface area (TPSA) is 35.2 Å². The SMILES string of the molecule is COC[C@H](N)c1cc(Br)ccc1Cl. The third-order valence-electron chi connectivity index (χ3n) is 1.70. The standard InChI is InChI=1S/C9H11BrClNO/c1-13-5-9(12)7-4-6(10)2-3-8(7)11/h2-4,9H,5,12H2,1H3/t9-/m0/s1. The van der Waals surface area contributed by atoms with Crippen molar-refractivity contribution in [3.8, 4) is 0 Å². The second-order valence-corrected chi connectivity index (χ2v) is 4.05. The highest BCUT2D eigenvalue weighted by atomic mass is 79.9. The molecular weight excluding hydrogens is 253 g/mol. The van der Waals surface area contributed by atoms with E-state index in [4.69, 9.17) is 22.1 Å². The molecule has 0 heterocycles. The van der Waals surface area contributed by atoms with Crippen LogP contribution in [0.1, 0.15) is 11.6 Å². The number of methoxy groups -OCH3 is 1. The minimum Gasteiger partial charge on any atom is -0.383 e. The van der Waals surface area contributed by atoms with Gasteiger partial charge in [-0.05, 0) is 23.8 Å². The zero-order valence-electron chi connectivity index (χ0n) is 7.26. The average Bonchev–Trinajstić information content (AvgIpc) is 2.09. The van der Waals surface area contributed by atoms with Gasteiger partial charge in [-0.1, -0.05) is 27.5 Å². The molecule has 0 saturated heterocycles. The molecule has 0 fully saturated rings. The molecule has 1 atom stereocenters. The lowest BCUT2D eigenvalue weighted by Crippen LogP contribution is -2.16. The van der Waals surface area contributed by atoms with E-state index in [1.54, 1.807) is 7.11 Å². The molecule has 0 radical (unpaired) electrons. The fourth-order valence-corrected chi connectivity index (χ4v) is 1.70. The molecule has 0 unspecified atom stereocenters. The van der Waals surface area contributed by atoms with E-state index in [0.717, 1.165) is 10.0 Å². The second-order valence-electron chi connectivity index (χ2n) is 2.73. The van der Waals surface area contributed by atoms with Gasteiger partial charge in [-0.15, -0.1) is 0 Å². The number of ether oxygens (including phenoxy) is 1. The molecule has 0 bridgehead atoms. The monoisotopic (exact) mass is 263 g/mol. The smallest absolute Gasteiger partial charge is 0.0656 e. The van der Waals surface area contributed by atoms with Crippen molar-refractivity contribution in [3.05, 3.63) is 33.3 Å². The van der Waals surface area contributed by atoms with Gasteiger partial charge in [-0.3, -0.25) is 0 Å². The maximum absolute atomic E-state index is 5.97. The van der Waals surface area contributed by atoms with Crippen LogP contribution in [0.15, 0.2) is 22.7 Å². The number of halogens is 2. The summed E-state index contributed by atoms with van der Waals surface area (Å²) in [5, 5.41) is 0.674. The molecular formula is C9H11BrClNO. The second kappa shape index (κ2) is 4.96. The van der Waals surface area contributed by atoms with E-state index < -0.39 is 0 Å². The summed E-state index contributed by atoms with van der Waals surface area (Å²) in [5.41, 5.74) is 6.75. The van der Waals surface area contributed by atoms with E-state index in [-0.39, 0.29) is 6.04 Å². The van der Waals surface area contributed by atoms with Crippen LogP contribution in [0.5, 0.6) is 0 Å². The fraction of sp³-hybridized carbons (Fsp3) is 0.333. The third kappa shape index (κ3) is 2.95. The molecule has 0 saturated carbocycles. The molecule has 0 spiro atoms. The quantitative estimate of drug-likeness (QED) is 0.911. The number of hydrogen-bond donors (Lipinski definition) is 1. The molecule has 4 heteroatoms. The Morgan fingerprint density at radius 2 is 2.31 bits per heavy atom. The van der Waals surface area contributed by atoms with Crippen LogP contribution in [0.4, 0.5) is 0 Å². The molecule has 2 N–H and O–H groups in total. The largest absolute Gasteiger partial charge is 0.383 e. The summed E-state index contributed by atoms with van der Waals surface area (Å²) in [6, 6.07) is 5.43. The molecule has 1 aromatic rings. The van der Waals surface area contributed by atoms with Gasteiger partial charge in [-0.2, -0.15) is 0 Å². The van der Waals surface area contributed by atoms with Crippen LogP contribution in [0, 0.1) is 0 Å². The first kappa shape index (κ1) is 11.0. The highest BCUT2D eigenvalue weighted by Gasteiger charge is 2.09. The van der Waals surface area contributed by atoms with Gasteiger partial charge in [0.1, 0.15) is 0 Å². The highest BCUT2D eigenvalue weighted by Crippen LogP contribution is 2.25. The summed E-state index contributed by atoms with van der Waals surface area (Å²) >= 11 is 9.33.